The molecule has 2 unspecified atom stereocenters. The lowest BCUT2D eigenvalue weighted by Gasteiger charge is -2.25. The fraction of sp³-hybridized carbons (Fsp3) is 0.857. The Kier molecular flexibility index (Phi) is 3.37. The zero-order chi connectivity index (χ0) is 7.56. The monoisotopic (exact) mass is 268 g/mol. The number of rotatable bonds is 1. The van der Waals surface area contributed by atoms with Gasteiger partial charge in [-0.25, -0.2) is 0 Å². The van der Waals surface area contributed by atoms with Crippen LogP contribution in [0.15, 0.2) is 0 Å². The van der Waals surface area contributed by atoms with Crippen LogP contribution in [0.4, 0.5) is 0 Å². The van der Waals surface area contributed by atoms with E-state index in [9.17, 15) is 4.79 Å². The van der Waals surface area contributed by atoms with Crippen molar-refractivity contribution in [2.45, 2.75) is 28.9 Å². The summed E-state index contributed by atoms with van der Waals surface area (Å²) in [5.74, 6) is 0.266. The Balaban J connectivity index is 2.42. The molecule has 0 N–H and O–H groups in total. The molecule has 1 saturated carbocycles. The van der Waals surface area contributed by atoms with Crippen molar-refractivity contribution in [2.75, 3.05) is 0 Å². The van der Waals surface area contributed by atoms with Crippen LogP contribution in [-0.4, -0.2) is 15.9 Å². The number of carbonyl (C=O) groups excluding carboxylic acids is 1. The lowest BCUT2D eigenvalue weighted by atomic mass is 9.90. The van der Waals surface area contributed by atoms with E-state index in [-0.39, 0.29) is 5.92 Å². The minimum Gasteiger partial charge on any atom is -0.303 e. The van der Waals surface area contributed by atoms with Gasteiger partial charge in [0.25, 0.3) is 0 Å². The fourth-order valence-electron chi connectivity index (χ4n) is 1.33. The van der Waals surface area contributed by atoms with E-state index in [4.69, 9.17) is 0 Å². The van der Waals surface area contributed by atoms with Crippen molar-refractivity contribution < 1.29 is 4.79 Å². The molecule has 0 aliphatic heterocycles. The van der Waals surface area contributed by atoms with E-state index in [1.807, 2.05) is 0 Å². The van der Waals surface area contributed by atoms with E-state index >= 15 is 0 Å². The summed E-state index contributed by atoms with van der Waals surface area (Å²) in [6.45, 7) is 0. The van der Waals surface area contributed by atoms with E-state index in [0.29, 0.717) is 9.65 Å². The predicted octanol–water partition coefficient (Wildman–Crippen LogP) is 2.51. The van der Waals surface area contributed by atoms with Gasteiger partial charge in [-0.2, -0.15) is 0 Å². The van der Waals surface area contributed by atoms with Gasteiger partial charge in [0.15, 0.2) is 0 Å². The van der Waals surface area contributed by atoms with Crippen molar-refractivity contribution >= 4 is 38.1 Å². The van der Waals surface area contributed by atoms with Crippen LogP contribution >= 0.6 is 31.9 Å². The minimum atomic E-state index is 0.266. The molecule has 2 atom stereocenters. The largest absolute Gasteiger partial charge is 0.303 e. The number of alkyl halides is 2. The smallest absolute Gasteiger partial charge is 0.123 e. The molecule has 0 amide bonds. The average molecular weight is 270 g/mol. The van der Waals surface area contributed by atoms with Gasteiger partial charge in [0.2, 0.25) is 0 Å². The second kappa shape index (κ2) is 3.86. The standard InChI is InChI=1S/C7H10Br2O/c8-6-1-5(4-10)2-7(9)3-6/h4-7H,1-3H2. The molecule has 1 nitrogen and oxygen atoms in total. The van der Waals surface area contributed by atoms with Crippen molar-refractivity contribution in [1.29, 1.82) is 0 Å². The first kappa shape index (κ1) is 8.72. The maximum atomic E-state index is 10.4. The quantitative estimate of drug-likeness (QED) is 0.528. The van der Waals surface area contributed by atoms with E-state index in [1.165, 1.54) is 0 Å². The van der Waals surface area contributed by atoms with Gasteiger partial charge in [-0.1, -0.05) is 31.9 Å². The first-order valence-corrected chi connectivity index (χ1v) is 5.29. The summed E-state index contributed by atoms with van der Waals surface area (Å²) < 4.78 is 0. The third-order valence-corrected chi connectivity index (χ3v) is 3.32. The van der Waals surface area contributed by atoms with Gasteiger partial charge < -0.3 is 4.79 Å². The van der Waals surface area contributed by atoms with Crippen LogP contribution in [0.5, 0.6) is 0 Å². The second-order valence-corrected chi connectivity index (χ2v) is 5.39. The lowest BCUT2D eigenvalue weighted by Crippen LogP contribution is -2.23. The van der Waals surface area contributed by atoms with Crippen molar-refractivity contribution in [3.63, 3.8) is 0 Å². The van der Waals surface area contributed by atoms with Gasteiger partial charge >= 0.3 is 0 Å². The molecule has 0 aromatic carbocycles. The molecule has 0 spiro atoms. The van der Waals surface area contributed by atoms with Gasteiger partial charge in [-0.15, -0.1) is 0 Å². The summed E-state index contributed by atoms with van der Waals surface area (Å²) >= 11 is 7.04. The van der Waals surface area contributed by atoms with E-state index < -0.39 is 0 Å². The molecule has 0 heterocycles. The van der Waals surface area contributed by atoms with Crippen molar-refractivity contribution in [1.82, 2.24) is 0 Å². The van der Waals surface area contributed by atoms with E-state index in [0.717, 1.165) is 25.5 Å². The van der Waals surface area contributed by atoms with Crippen LogP contribution in [0.25, 0.3) is 0 Å². The number of carbonyl (C=O) groups is 1. The molecule has 3 heteroatoms. The molecule has 1 rings (SSSR count). The van der Waals surface area contributed by atoms with Gasteiger partial charge in [-0.3, -0.25) is 0 Å². The molecule has 10 heavy (non-hydrogen) atoms. The molecule has 1 aliphatic carbocycles. The van der Waals surface area contributed by atoms with Crippen molar-refractivity contribution in [3.05, 3.63) is 0 Å². The van der Waals surface area contributed by atoms with Crippen LogP contribution in [-0.2, 0) is 4.79 Å². The van der Waals surface area contributed by atoms with Gasteiger partial charge in [0, 0.05) is 15.6 Å². The Morgan fingerprint density at radius 3 is 2.00 bits per heavy atom. The van der Waals surface area contributed by atoms with Gasteiger partial charge in [0.05, 0.1) is 0 Å². The second-order valence-electron chi connectivity index (χ2n) is 2.80. The lowest BCUT2D eigenvalue weighted by molar-refractivity contribution is -0.111. The van der Waals surface area contributed by atoms with E-state index in [1.54, 1.807) is 0 Å². The summed E-state index contributed by atoms with van der Waals surface area (Å²) in [7, 11) is 0. The normalized spacial score (nSPS) is 41.2. The van der Waals surface area contributed by atoms with E-state index in [2.05, 4.69) is 31.9 Å². The highest BCUT2D eigenvalue weighted by Gasteiger charge is 2.25. The Labute approximate surface area is 77.8 Å². The number of halogens is 2. The molecule has 0 radical (unpaired) electrons. The molecule has 1 fully saturated rings. The van der Waals surface area contributed by atoms with Gasteiger partial charge in [-0.05, 0) is 19.3 Å². The maximum Gasteiger partial charge on any atom is 0.123 e. The molecular weight excluding hydrogens is 260 g/mol. The molecule has 0 aromatic rings. The predicted molar refractivity (Wildman–Crippen MR) is 48.8 cm³/mol. The van der Waals surface area contributed by atoms with Crippen LogP contribution in [0.1, 0.15) is 19.3 Å². The third-order valence-electron chi connectivity index (χ3n) is 1.82. The SMILES string of the molecule is O=CC1CC(Br)CC(Br)C1. The minimum absolute atomic E-state index is 0.266. The Morgan fingerprint density at radius 2 is 1.60 bits per heavy atom. The molecule has 0 saturated heterocycles. The summed E-state index contributed by atoms with van der Waals surface area (Å²) in [5.41, 5.74) is 0. The average Bonchev–Trinajstić information content (AvgIpc) is 1.85. The Bertz CT molecular complexity index is 117. The van der Waals surface area contributed by atoms with Crippen molar-refractivity contribution in [3.8, 4) is 0 Å². The summed E-state index contributed by atoms with van der Waals surface area (Å²) in [6.07, 6.45) is 4.23. The summed E-state index contributed by atoms with van der Waals surface area (Å²) in [4.78, 5) is 11.5. The van der Waals surface area contributed by atoms with Crippen LogP contribution in [0.2, 0.25) is 0 Å². The number of hydrogen-bond acceptors (Lipinski definition) is 1. The highest BCUT2D eigenvalue weighted by molar-refractivity contribution is 9.10. The molecule has 58 valence electrons. The summed E-state index contributed by atoms with van der Waals surface area (Å²) in [5, 5.41) is 0. The fourth-order valence-corrected chi connectivity index (χ4v) is 3.70. The van der Waals surface area contributed by atoms with Crippen LogP contribution in [0, 0.1) is 5.92 Å². The molecular formula is C7H10Br2O. The first-order valence-electron chi connectivity index (χ1n) is 3.45. The number of aldehydes is 1. The zero-order valence-electron chi connectivity index (χ0n) is 5.59. The van der Waals surface area contributed by atoms with Gasteiger partial charge in [0.1, 0.15) is 6.29 Å². The third kappa shape index (κ3) is 2.35. The topological polar surface area (TPSA) is 17.1 Å². The zero-order valence-corrected chi connectivity index (χ0v) is 8.77. The Hall–Kier alpha value is 0.630. The first-order chi connectivity index (χ1) is 4.72. The van der Waals surface area contributed by atoms with Crippen molar-refractivity contribution in [2.24, 2.45) is 5.92 Å². The maximum absolute atomic E-state index is 10.4. The highest BCUT2D eigenvalue weighted by Crippen LogP contribution is 2.31. The van der Waals surface area contributed by atoms with Crippen LogP contribution in [0.3, 0.4) is 0 Å². The molecule has 0 aromatic heterocycles. The van der Waals surface area contributed by atoms with Crippen LogP contribution < -0.4 is 0 Å². The highest BCUT2D eigenvalue weighted by atomic mass is 79.9. The Morgan fingerprint density at radius 1 is 1.10 bits per heavy atom. The molecule has 0 bridgehead atoms. The summed E-state index contributed by atoms with van der Waals surface area (Å²) in [6, 6.07) is 0. The number of hydrogen-bond donors (Lipinski definition) is 0. The molecule has 1 aliphatic rings.